The Morgan fingerprint density at radius 2 is 2.22 bits per heavy atom. The first-order chi connectivity index (χ1) is 13.2. The quantitative estimate of drug-likeness (QED) is 0.723. The van der Waals surface area contributed by atoms with Gasteiger partial charge in [-0.25, -0.2) is 0 Å². The van der Waals surface area contributed by atoms with Crippen molar-refractivity contribution in [1.82, 2.24) is 20.0 Å². The number of aromatic nitrogens is 4. The lowest BCUT2D eigenvalue weighted by atomic mass is 9.95. The monoisotopic (exact) mass is 361 g/mol. The molecule has 6 heteroatoms. The van der Waals surface area contributed by atoms with Crippen molar-refractivity contribution in [2.24, 2.45) is 5.92 Å². The van der Waals surface area contributed by atoms with Gasteiger partial charge in [-0.05, 0) is 43.1 Å². The molecule has 0 bridgehead atoms. The van der Waals surface area contributed by atoms with Crippen LogP contribution in [0.25, 0.3) is 0 Å². The number of carbonyl (C=O) groups is 1. The molecule has 0 saturated heterocycles. The van der Waals surface area contributed by atoms with Gasteiger partial charge in [0.15, 0.2) is 5.69 Å². The second-order valence-electron chi connectivity index (χ2n) is 7.60. The molecule has 5 rings (SSSR count). The zero-order valence-electron chi connectivity index (χ0n) is 15.4. The van der Waals surface area contributed by atoms with E-state index in [0.717, 1.165) is 30.0 Å². The van der Waals surface area contributed by atoms with Gasteiger partial charge in [-0.1, -0.05) is 37.3 Å². The fourth-order valence-corrected chi connectivity index (χ4v) is 4.41. The van der Waals surface area contributed by atoms with Crippen molar-refractivity contribution in [2.75, 3.05) is 5.32 Å². The summed E-state index contributed by atoms with van der Waals surface area (Å²) in [6, 6.07) is 10.5. The van der Waals surface area contributed by atoms with Gasteiger partial charge in [0, 0.05) is 17.5 Å². The van der Waals surface area contributed by atoms with Crippen molar-refractivity contribution in [3.63, 3.8) is 0 Å². The highest BCUT2D eigenvalue weighted by atomic mass is 16.2. The number of nitrogens with zero attached hydrogens (tertiary/aromatic N) is 3. The molecule has 2 unspecified atom stereocenters. The number of amides is 1. The van der Waals surface area contributed by atoms with Crippen LogP contribution < -0.4 is 5.32 Å². The SMILES string of the molecule is CC[C@@H](c1ccccc1)n1cc(NC(=O)c2n[nH]c3c2C2CC2CC3)cn1. The first kappa shape index (κ1) is 16.3. The second kappa shape index (κ2) is 6.37. The summed E-state index contributed by atoms with van der Waals surface area (Å²) < 4.78 is 1.92. The number of hydrogen-bond donors (Lipinski definition) is 2. The summed E-state index contributed by atoms with van der Waals surface area (Å²) in [5.74, 6) is 1.13. The third-order valence-electron chi connectivity index (χ3n) is 5.91. The van der Waals surface area contributed by atoms with Crippen LogP contribution in [0.5, 0.6) is 0 Å². The predicted molar refractivity (Wildman–Crippen MR) is 103 cm³/mol. The lowest BCUT2D eigenvalue weighted by molar-refractivity contribution is 0.102. The molecule has 1 amide bonds. The van der Waals surface area contributed by atoms with Crippen molar-refractivity contribution < 1.29 is 4.79 Å². The molecule has 2 heterocycles. The maximum absolute atomic E-state index is 12.8. The average molecular weight is 361 g/mol. The van der Waals surface area contributed by atoms with Crippen LogP contribution in [-0.2, 0) is 6.42 Å². The molecular weight excluding hydrogens is 338 g/mol. The van der Waals surface area contributed by atoms with Crippen molar-refractivity contribution in [3.8, 4) is 0 Å². The van der Waals surface area contributed by atoms with E-state index in [2.05, 4.69) is 39.7 Å². The van der Waals surface area contributed by atoms with E-state index >= 15 is 0 Å². The summed E-state index contributed by atoms with van der Waals surface area (Å²) in [6.45, 7) is 2.14. The van der Waals surface area contributed by atoms with Gasteiger partial charge >= 0.3 is 0 Å². The molecule has 1 aromatic carbocycles. The van der Waals surface area contributed by atoms with E-state index in [0.29, 0.717) is 17.3 Å². The molecule has 2 aromatic heterocycles. The van der Waals surface area contributed by atoms with Gasteiger partial charge in [0.2, 0.25) is 0 Å². The Bertz CT molecular complexity index is 974. The number of aryl methyl sites for hydroxylation is 1. The Labute approximate surface area is 158 Å². The van der Waals surface area contributed by atoms with Gasteiger partial charge in [-0.2, -0.15) is 10.2 Å². The molecular formula is C21H23N5O. The second-order valence-corrected chi connectivity index (χ2v) is 7.60. The molecule has 0 aliphatic heterocycles. The molecule has 3 aromatic rings. The number of anilines is 1. The molecule has 2 aliphatic rings. The highest BCUT2D eigenvalue weighted by Gasteiger charge is 2.45. The maximum Gasteiger partial charge on any atom is 0.276 e. The Morgan fingerprint density at radius 3 is 3.04 bits per heavy atom. The fraction of sp³-hybridized carbons (Fsp3) is 0.381. The van der Waals surface area contributed by atoms with Crippen LogP contribution in [0.3, 0.4) is 0 Å². The summed E-state index contributed by atoms with van der Waals surface area (Å²) >= 11 is 0. The molecule has 0 spiro atoms. The van der Waals surface area contributed by atoms with E-state index in [1.54, 1.807) is 6.20 Å². The van der Waals surface area contributed by atoms with Crippen LogP contribution in [0.4, 0.5) is 5.69 Å². The molecule has 0 radical (unpaired) electrons. The van der Waals surface area contributed by atoms with Crippen LogP contribution in [-0.4, -0.2) is 25.9 Å². The van der Waals surface area contributed by atoms with E-state index in [-0.39, 0.29) is 11.9 Å². The summed E-state index contributed by atoms with van der Waals surface area (Å²) in [4.78, 5) is 12.8. The third-order valence-corrected chi connectivity index (χ3v) is 5.91. The lowest BCUT2D eigenvalue weighted by Crippen LogP contribution is -2.15. The summed E-state index contributed by atoms with van der Waals surface area (Å²) in [5.41, 5.74) is 4.76. The van der Waals surface area contributed by atoms with E-state index in [1.807, 2.05) is 29.1 Å². The van der Waals surface area contributed by atoms with Crippen LogP contribution in [0.15, 0.2) is 42.7 Å². The molecule has 1 fully saturated rings. The predicted octanol–water partition coefficient (Wildman–Crippen LogP) is 3.91. The number of nitrogens with one attached hydrogen (secondary N) is 2. The average Bonchev–Trinajstić information content (AvgIpc) is 3.13. The summed E-state index contributed by atoms with van der Waals surface area (Å²) in [5, 5.41) is 14.8. The maximum atomic E-state index is 12.8. The van der Waals surface area contributed by atoms with Gasteiger partial charge in [-0.15, -0.1) is 0 Å². The molecule has 138 valence electrons. The Balaban J connectivity index is 1.35. The topological polar surface area (TPSA) is 75.6 Å². The Hall–Kier alpha value is -2.89. The Morgan fingerprint density at radius 1 is 1.37 bits per heavy atom. The smallest absolute Gasteiger partial charge is 0.276 e. The number of rotatable bonds is 5. The molecule has 2 aliphatic carbocycles. The molecule has 2 N–H and O–H groups in total. The van der Waals surface area contributed by atoms with Gasteiger partial charge in [0.05, 0.1) is 17.9 Å². The Kier molecular flexibility index (Phi) is 3.85. The zero-order valence-corrected chi connectivity index (χ0v) is 15.4. The first-order valence-corrected chi connectivity index (χ1v) is 9.72. The van der Waals surface area contributed by atoms with Gasteiger partial charge in [0.1, 0.15) is 0 Å². The fourth-order valence-electron chi connectivity index (χ4n) is 4.41. The van der Waals surface area contributed by atoms with E-state index < -0.39 is 0 Å². The van der Waals surface area contributed by atoms with Gasteiger partial charge < -0.3 is 5.32 Å². The van der Waals surface area contributed by atoms with Gasteiger partial charge in [0.25, 0.3) is 5.91 Å². The van der Waals surface area contributed by atoms with Gasteiger partial charge in [-0.3, -0.25) is 14.6 Å². The van der Waals surface area contributed by atoms with Crippen molar-refractivity contribution >= 4 is 11.6 Å². The van der Waals surface area contributed by atoms with Crippen LogP contribution in [0, 0.1) is 5.92 Å². The standard InChI is InChI=1S/C21H23N5O/c1-2-18(13-6-4-3-5-7-13)26-12-15(11-22-26)23-21(27)20-19-16-10-14(16)8-9-17(19)24-25-20/h3-7,11-12,14,16,18H,2,8-10H2,1H3,(H,23,27)(H,24,25)/t14?,16?,18-/m0/s1. The highest BCUT2D eigenvalue weighted by Crippen LogP contribution is 2.55. The van der Waals surface area contributed by atoms with Crippen molar-refractivity contribution in [3.05, 3.63) is 65.2 Å². The van der Waals surface area contributed by atoms with E-state index in [4.69, 9.17) is 0 Å². The minimum atomic E-state index is -0.146. The highest BCUT2D eigenvalue weighted by molar-refractivity contribution is 6.04. The lowest BCUT2D eigenvalue weighted by Gasteiger charge is -2.15. The van der Waals surface area contributed by atoms with E-state index in [1.165, 1.54) is 18.4 Å². The number of carbonyl (C=O) groups excluding carboxylic acids is 1. The summed E-state index contributed by atoms with van der Waals surface area (Å²) in [6.07, 6.45) is 7.95. The van der Waals surface area contributed by atoms with Crippen molar-refractivity contribution in [1.29, 1.82) is 0 Å². The zero-order chi connectivity index (χ0) is 18.4. The van der Waals surface area contributed by atoms with Crippen LogP contribution in [0.1, 0.15) is 65.5 Å². The molecule has 3 atom stereocenters. The molecule has 1 saturated carbocycles. The first-order valence-electron chi connectivity index (χ1n) is 9.72. The minimum absolute atomic E-state index is 0.146. The minimum Gasteiger partial charge on any atom is -0.318 e. The summed E-state index contributed by atoms with van der Waals surface area (Å²) in [7, 11) is 0. The third kappa shape index (κ3) is 2.85. The molecule has 27 heavy (non-hydrogen) atoms. The number of fused-ring (bicyclic) bond motifs is 3. The van der Waals surface area contributed by atoms with Crippen molar-refractivity contribution in [2.45, 2.75) is 44.6 Å². The number of benzene rings is 1. The molecule has 6 nitrogen and oxygen atoms in total. The van der Waals surface area contributed by atoms with E-state index in [9.17, 15) is 4.79 Å². The van der Waals surface area contributed by atoms with Crippen LogP contribution in [0.2, 0.25) is 0 Å². The van der Waals surface area contributed by atoms with Crippen LogP contribution >= 0.6 is 0 Å². The number of H-pyrrole nitrogens is 1. The normalized spacial score (nSPS) is 21.2. The number of hydrogen-bond acceptors (Lipinski definition) is 3. The number of aromatic amines is 1. The largest absolute Gasteiger partial charge is 0.318 e.